The molecule has 0 aliphatic carbocycles. The number of benzene rings is 13. The standard InChI is InChI=1S/C74H49N3S/c1-4-18-50(19-5-1)52-34-39-59(40-35-52)75(68-31-16-24-54-22-10-12-28-63(54)68)61-46-57(47-62(49-61)76(69-32-17-25-55-23-11-13-29-64(55)69)60-41-36-53(37-42-60)51-20-6-2-7-21-51)56-38-43-67-71(48-56)77(58-26-8-3-9-27-58)70-45-44-66-65-30-14-15-33-72(65)78-74(66)73(67)70/h1-49H. The molecular formula is C74H49N3S. The molecule has 0 radical (unpaired) electrons. The molecule has 0 N–H and O–H groups in total. The normalized spacial score (nSPS) is 11.6. The lowest BCUT2D eigenvalue weighted by molar-refractivity contribution is 1.18. The molecular weight excluding hydrogens is 963 g/mol. The minimum absolute atomic E-state index is 1.04. The fourth-order valence-electron chi connectivity index (χ4n) is 11.9. The van der Waals surface area contributed by atoms with Crippen molar-refractivity contribution < 1.29 is 0 Å². The minimum atomic E-state index is 1.04. The molecule has 0 saturated carbocycles. The van der Waals surface area contributed by atoms with Crippen LogP contribution in [0.3, 0.4) is 0 Å². The van der Waals surface area contributed by atoms with Gasteiger partial charge in [-0.15, -0.1) is 11.3 Å². The van der Waals surface area contributed by atoms with Gasteiger partial charge in [0.1, 0.15) is 0 Å². The fraction of sp³-hybridized carbons (Fsp3) is 0. The van der Waals surface area contributed by atoms with E-state index in [4.69, 9.17) is 0 Å². The van der Waals surface area contributed by atoms with E-state index in [2.05, 4.69) is 312 Å². The minimum Gasteiger partial charge on any atom is -0.310 e. The van der Waals surface area contributed by atoms with E-state index in [-0.39, 0.29) is 0 Å². The number of nitrogens with zero attached hydrogens (tertiary/aromatic N) is 3. The molecule has 13 aromatic carbocycles. The molecule has 4 heteroatoms. The van der Waals surface area contributed by atoms with Crippen molar-refractivity contribution in [2.45, 2.75) is 0 Å². The Labute approximate surface area is 457 Å². The molecule has 0 fully saturated rings. The summed E-state index contributed by atoms with van der Waals surface area (Å²) in [6.45, 7) is 0. The lowest BCUT2D eigenvalue weighted by Gasteiger charge is -2.31. The molecule has 0 amide bonds. The number of fused-ring (bicyclic) bond motifs is 9. The predicted octanol–water partition coefficient (Wildman–Crippen LogP) is 21.4. The monoisotopic (exact) mass is 1010 g/mol. The van der Waals surface area contributed by atoms with Crippen molar-refractivity contribution in [1.29, 1.82) is 0 Å². The van der Waals surface area contributed by atoms with Gasteiger partial charge >= 0.3 is 0 Å². The maximum absolute atomic E-state index is 2.47. The summed E-state index contributed by atoms with van der Waals surface area (Å²) in [5, 5.41) is 9.82. The molecule has 0 atom stereocenters. The van der Waals surface area contributed by atoms with Crippen LogP contribution in [0.4, 0.5) is 34.1 Å². The highest BCUT2D eigenvalue weighted by Crippen LogP contribution is 2.49. The van der Waals surface area contributed by atoms with Crippen LogP contribution >= 0.6 is 11.3 Å². The molecule has 0 aliphatic rings. The van der Waals surface area contributed by atoms with Crippen LogP contribution in [-0.4, -0.2) is 4.57 Å². The summed E-state index contributed by atoms with van der Waals surface area (Å²) in [7, 11) is 0. The molecule has 3 nitrogen and oxygen atoms in total. The Morgan fingerprint density at radius 2 is 0.731 bits per heavy atom. The first-order chi connectivity index (χ1) is 38.7. The maximum atomic E-state index is 2.47. The molecule has 0 aliphatic heterocycles. The Morgan fingerprint density at radius 1 is 0.269 bits per heavy atom. The highest BCUT2D eigenvalue weighted by molar-refractivity contribution is 7.26. The van der Waals surface area contributed by atoms with Gasteiger partial charge in [-0.05, 0) is 129 Å². The Hall–Kier alpha value is -10.0. The number of aromatic nitrogens is 1. The van der Waals surface area contributed by atoms with E-state index in [1.807, 2.05) is 11.3 Å². The van der Waals surface area contributed by atoms with Gasteiger partial charge in [0.25, 0.3) is 0 Å². The molecule has 0 bridgehead atoms. The maximum Gasteiger partial charge on any atom is 0.0555 e. The highest BCUT2D eigenvalue weighted by atomic mass is 32.1. The van der Waals surface area contributed by atoms with Gasteiger partial charge in [-0.2, -0.15) is 0 Å². The van der Waals surface area contributed by atoms with Crippen molar-refractivity contribution in [1.82, 2.24) is 4.57 Å². The lowest BCUT2D eigenvalue weighted by atomic mass is 9.98. The van der Waals surface area contributed by atoms with Gasteiger partial charge in [0.15, 0.2) is 0 Å². The third-order valence-corrected chi connectivity index (χ3v) is 16.7. The van der Waals surface area contributed by atoms with Crippen LogP contribution in [0.25, 0.3) is 103 Å². The van der Waals surface area contributed by atoms with Crippen molar-refractivity contribution in [3.63, 3.8) is 0 Å². The van der Waals surface area contributed by atoms with E-state index in [9.17, 15) is 0 Å². The number of rotatable bonds is 10. The quantitative estimate of drug-likeness (QED) is 0.135. The molecule has 15 aromatic rings. The average Bonchev–Trinajstić information content (AvgIpc) is 4.28. The number of hydrogen-bond donors (Lipinski definition) is 0. The van der Waals surface area contributed by atoms with E-state index in [1.165, 1.54) is 80.3 Å². The topological polar surface area (TPSA) is 11.4 Å². The van der Waals surface area contributed by atoms with Gasteiger partial charge in [-0.25, -0.2) is 0 Å². The zero-order chi connectivity index (χ0) is 51.5. The first-order valence-electron chi connectivity index (χ1n) is 26.6. The van der Waals surface area contributed by atoms with E-state index in [1.54, 1.807) is 0 Å². The number of hydrogen-bond acceptors (Lipinski definition) is 3. The fourth-order valence-corrected chi connectivity index (χ4v) is 13.1. The van der Waals surface area contributed by atoms with Gasteiger partial charge in [0, 0.05) is 70.2 Å². The Kier molecular flexibility index (Phi) is 11.0. The van der Waals surface area contributed by atoms with Crippen molar-refractivity contribution in [2.24, 2.45) is 0 Å². The van der Waals surface area contributed by atoms with E-state index >= 15 is 0 Å². The summed E-state index contributed by atoms with van der Waals surface area (Å²) in [5.74, 6) is 0. The summed E-state index contributed by atoms with van der Waals surface area (Å²) in [5.41, 5.74) is 16.8. The highest BCUT2D eigenvalue weighted by Gasteiger charge is 2.24. The van der Waals surface area contributed by atoms with Crippen LogP contribution in [0, 0.1) is 0 Å². The molecule has 366 valence electrons. The van der Waals surface area contributed by atoms with Gasteiger partial charge in [-0.1, -0.05) is 212 Å². The van der Waals surface area contributed by atoms with Crippen molar-refractivity contribution in [3.05, 3.63) is 297 Å². The van der Waals surface area contributed by atoms with E-state index in [0.29, 0.717) is 0 Å². The Morgan fingerprint density at radius 3 is 1.31 bits per heavy atom. The Balaban J connectivity index is 1.02. The number of para-hydroxylation sites is 1. The average molecular weight is 1010 g/mol. The van der Waals surface area contributed by atoms with Crippen LogP contribution in [0.1, 0.15) is 0 Å². The molecule has 0 unspecified atom stereocenters. The van der Waals surface area contributed by atoms with Crippen LogP contribution in [0.5, 0.6) is 0 Å². The van der Waals surface area contributed by atoms with Crippen LogP contribution < -0.4 is 9.80 Å². The molecule has 15 rings (SSSR count). The molecule has 2 heterocycles. The first kappa shape index (κ1) is 45.4. The van der Waals surface area contributed by atoms with Crippen LogP contribution in [0.15, 0.2) is 297 Å². The van der Waals surface area contributed by atoms with Gasteiger partial charge in [-0.3, -0.25) is 0 Å². The first-order valence-corrected chi connectivity index (χ1v) is 27.5. The molecule has 78 heavy (non-hydrogen) atoms. The van der Waals surface area contributed by atoms with Gasteiger partial charge in [0.2, 0.25) is 0 Å². The second-order valence-electron chi connectivity index (χ2n) is 20.1. The van der Waals surface area contributed by atoms with Crippen molar-refractivity contribution in [3.8, 4) is 39.1 Å². The number of thiophene rings is 1. The summed E-state index contributed by atoms with van der Waals surface area (Å²) >= 11 is 1.89. The number of anilines is 6. The summed E-state index contributed by atoms with van der Waals surface area (Å²) in [6.07, 6.45) is 0. The Bertz CT molecular complexity index is 4520. The van der Waals surface area contributed by atoms with Crippen molar-refractivity contribution >= 4 is 109 Å². The van der Waals surface area contributed by atoms with Crippen LogP contribution in [-0.2, 0) is 0 Å². The second-order valence-corrected chi connectivity index (χ2v) is 21.1. The SMILES string of the molecule is c1ccc(-c2ccc(N(c3cc(-c4ccc5c6c7sc8ccccc8c7ccc6n(-c6ccccc6)c5c4)cc(N(c4ccc(-c5ccccc5)cc4)c4cccc5ccccc45)c3)c3cccc4ccccc34)cc2)cc1. The van der Waals surface area contributed by atoms with Crippen molar-refractivity contribution in [2.75, 3.05) is 9.80 Å². The third-order valence-electron chi connectivity index (χ3n) is 15.5. The summed E-state index contributed by atoms with van der Waals surface area (Å²) in [4.78, 5) is 4.92. The summed E-state index contributed by atoms with van der Waals surface area (Å²) < 4.78 is 5.09. The predicted molar refractivity (Wildman–Crippen MR) is 334 cm³/mol. The van der Waals surface area contributed by atoms with Crippen LogP contribution in [0.2, 0.25) is 0 Å². The third kappa shape index (κ3) is 7.81. The zero-order valence-corrected chi connectivity index (χ0v) is 43.4. The van der Waals surface area contributed by atoms with Gasteiger partial charge < -0.3 is 14.4 Å². The van der Waals surface area contributed by atoms with Gasteiger partial charge in [0.05, 0.1) is 22.4 Å². The molecule has 0 saturated heterocycles. The zero-order valence-electron chi connectivity index (χ0n) is 42.5. The lowest BCUT2D eigenvalue weighted by Crippen LogP contribution is -2.14. The largest absolute Gasteiger partial charge is 0.310 e. The molecule has 0 spiro atoms. The second kappa shape index (κ2) is 19.0. The molecule has 2 aromatic heterocycles. The smallest absolute Gasteiger partial charge is 0.0555 e. The van der Waals surface area contributed by atoms with E-state index in [0.717, 1.165) is 56.5 Å². The summed E-state index contributed by atoms with van der Waals surface area (Å²) in [6, 6.07) is 109. The van der Waals surface area contributed by atoms with E-state index < -0.39 is 0 Å².